The molecule has 6 aromatic heterocycles. The highest BCUT2D eigenvalue weighted by Gasteiger charge is 2.40. The lowest BCUT2D eigenvalue weighted by molar-refractivity contribution is -0.142. The number of unbranched alkanes of at least 4 members (excludes halogenated alkanes) is 2. The number of nitrogens with one attached hydrogen (secondary N) is 22. The normalized spacial score (nSPS) is 14.2. The summed E-state index contributed by atoms with van der Waals surface area (Å²) in [4.78, 5) is 213. The maximum Gasteiger partial charge on any atom is 0.326 e. The maximum absolute atomic E-state index is 15.6. The second-order valence-electron chi connectivity index (χ2n) is 37.1. The van der Waals surface area contributed by atoms with E-state index in [1.807, 2.05) is 97.1 Å². The molecule has 33 N–H and O–H groups in total. The van der Waals surface area contributed by atoms with Crippen LogP contribution in [0.4, 0.5) is 0 Å². The van der Waals surface area contributed by atoms with Gasteiger partial charge in [0.1, 0.15) is 72.5 Å². The van der Waals surface area contributed by atoms with E-state index in [0.29, 0.717) is 79.8 Å². The van der Waals surface area contributed by atoms with Crippen LogP contribution in [0.2, 0.25) is 0 Å². The van der Waals surface area contributed by atoms with Crippen LogP contribution in [0.15, 0.2) is 183 Å². The number of hydrogen-bond acceptors (Lipinski definition) is 18. The number of carboxylic acid groups (broad SMARTS) is 1. The van der Waals surface area contributed by atoms with Crippen molar-refractivity contribution in [2.75, 3.05) is 26.2 Å². The monoisotopic (exact) mass is 1970 g/mol. The Bertz CT molecular complexity index is 6530. The van der Waals surface area contributed by atoms with Crippen LogP contribution in [0.5, 0.6) is 0 Å². The number of para-hydroxylation sites is 6. The second kappa shape index (κ2) is 51.5. The van der Waals surface area contributed by atoms with Gasteiger partial charge in [0, 0.05) is 148 Å². The van der Waals surface area contributed by atoms with Crippen LogP contribution in [0.1, 0.15) is 132 Å². The molecule has 6 aromatic carbocycles. The first kappa shape index (κ1) is 107. The highest BCUT2D eigenvalue weighted by molar-refractivity contribution is 6.02. The molecule has 764 valence electrons. The van der Waals surface area contributed by atoms with Crippen molar-refractivity contribution in [3.8, 4) is 0 Å². The van der Waals surface area contributed by atoms with Gasteiger partial charge in [-0.3, -0.25) is 68.4 Å². The second-order valence-corrected chi connectivity index (χ2v) is 37.1. The lowest BCUT2D eigenvalue weighted by atomic mass is 9.99. The van der Waals surface area contributed by atoms with E-state index in [4.69, 9.17) is 39.5 Å². The molecule has 0 radical (unpaired) electrons. The van der Waals surface area contributed by atoms with Crippen molar-refractivity contribution in [2.24, 2.45) is 40.5 Å². The zero-order valence-corrected chi connectivity index (χ0v) is 81.3. The summed E-state index contributed by atoms with van der Waals surface area (Å²) in [5, 5.41) is 69.7. The fourth-order valence-electron chi connectivity index (χ4n) is 17.8. The largest absolute Gasteiger partial charge is 0.480 e. The first-order valence-corrected chi connectivity index (χ1v) is 48.7. The molecule has 12 rings (SSSR count). The molecule has 12 amide bonds. The van der Waals surface area contributed by atoms with E-state index in [0.717, 1.165) is 38.3 Å². The summed E-state index contributed by atoms with van der Waals surface area (Å²) in [6.45, 7) is 8.55. The van der Waals surface area contributed by atoms with Gasteiger partial charge in [0.2, 0.25) is 70.9 Å². The molecule has 12 aromatic rings. The van der Waals surface area contributed by atoms with Crippen molar-refractivity contribution in [1.82, 2.24) is 104 Å². The number of carbonyl (C=O) groups is 13. The van der Waals surface area contributed by atoms with Gasteiger partial charge in [0.05, 0.1) is 6.04 Å². The first-order chi connectivity index (χ1) is 69.2. The summed E-state index contributed by atoms with van der Waals surface area (Å²) in [5.74, 6) is -13.5. The standard InChI is InChI=1S/C103H133N27O14/c1-56(2)87(129-94(136)79(37-19-21-41-105)121-96(138)83(46-61-52-115-74-32-14-8-26-67(61)74)127-97(139)84(47-62-53-116-75-33-15-9-27-68(62)75)125-91(133)80(38-22-42-111-102(107)108)120-90(132)71(106)44-59-50-113-72-30-12-6-24-65(59)72)99(141)119-58(5)89(131)124-82(45-60-51-114-73-31-13-7-25-66(60)73)95(137)122-81(39-23-43-112-103(109)110)92(134)126-85(48-63-54-117-76-34-16-10-28-69(63)76)98(140)130-88(57(3)4)100(142)123-78(36-18-20-40-104)93(135)128-86(101(143)144)49-64-55-118-77-35-17-11-29-70(64)77/h6-17,24-35,50-58,71,78-88,113-118H,18-23,36-49,104-106H2,1-5H3,(H,119,141)(H,120,132)(H,121,138)(H,122,137)(H,123,142)(H,124,131)(H,125,133)(H,126,134)(H,127,139)(H,128,135)(H,129,136)(H,130,140)(H,143,144)(H4,107,108,111)(H4,109,110,112)/t58-,71-,78-,79-,80-,81-,82-,83-,84-,85-,86-,87-,88-/m0/s1. The van der Waals surface area contributed by atoms with Crippen molar-refractivity contribution < 1.29 is 67.4 Å². The summed E-state index contributed by atoms with van der Waals surface area (Å²) >= 11 is 0. The van der Waals surface area contributed by atoms with E-state index in [-0.39, 0.29) is 116 Å². The van der Waals surface area contributed by atoms with Crippen molar-refractivity contribution in [2.45, 2.75) is 216 Å². The quantitative estimate of drug-likeness (QED) is 0.0147. The van der Waals surface area contributed by atoms with Gasteiger partial charge in [-0.2, -0.15) is 0 Å². The summed E-state index contributed by atoms with van der Waals surface area (Å²) in [6.07, 6.45) is 10.9. The molecule has 41 heteroatoms. The summed E-state index contributed by atoms with van der Waals surface area (Å²) < 4.78 is 0. The van der Waals surface area contributed by atoms with Crippen molar-refractivity contribution >= 4 is 154 Å². The summed E-state index contributed by atoms with van der Waals surface area (Å²) in [6, 6.07) is 25.3. The van der Waals surface area contributed by atoms with Gasteiger partial charge in [-0.15, -0.1) is 0 Å². The van der Waals surface area contributed by atoms with E-state index in [1.54, 1.807) is 113 Å². The van der Waals surface area contributed by atoms with Crippen LogP contribution < -0.4 is 103 Å². The number of carboxylic acids is 1. The number of carbonyl (C=O) groups excluding carboxylic acids is 12. The van der Waals surface area contributed by atoms with Crippen molar-refractivity contribution in [3.05, 3.63) is 216 Å². The highest BCUT2D eigenvalue weighted by Crippen LogP contribution is 2.28. The van der Waals surface area contributed by atoms with Gasteiger partial charge in [0.15, 0.2) is 11.9 Å². The Hall–Kier alpha value is -15.9. The molecule has 144 heavy (non-hydrogen) atoms. The predicted octanol–water partition coefficient (Wildman–Crippen LogP) is 3.68. The third kappa shape index (κ3) is 29.2. The number of aromatic amines is 6. The molecule has 0 aliphatic carbocycles. The van der Waals surface area contributed by atoms with Gasteiger partial charge in [-0.05, 0) is 172 Å². The van der Waals surface area contributed by atoms with Gasteiger partial charge in [-0.25, -0.2) is 4.79 Å². The smallest absolute Gasteiger partial charge is 0.326 e. The third-order valence-corrected chi connectivity index (χ3v) is 25.7. The number of H-pyrrole nitrogens is 6. The average molecular weight is 1970 g/mol. The van der Waals surface area contributed by atoms with Crippen LogP contribution in [-0.4, -0.2) is 229 Å². The van der Waals surface area contributed by atoms with Crippen molar-refractivity contribution in [3.63, 3.8) is 0 Å². The number of amides is 12. The zero-order valence-electron chi connectivity index (χ0n) is 81.3. The molecule has 6 heterocycles. The van der Waals surface area contributed by atoms with Gasteiger partial charge in [0.25, 0.3) is 0 Å². The zero-order chi connectivity index (χ0) is 103. The third-order valence-electron chi connectivity index (χ3n) is 25.7. The minimum atomic E-state index is -1.54. The number of guanidine groups is 2. The highest BCUT2D eigenvalue weighted by atomic mass is 16.4. The molecule has 0 spiro atoms. The molecule has 0 aliphatic rings. The molecule has 0 saturated heterocycles. The number of aromatic nitrogens is 6. The molecule has 13 atom stereocenters. The Kier molecular flexibility index (Phi) is 38.2. The van der Waals surface area contributed by atoms with E-state index in [2.05, 4.69) is 104 Å². The number of hydrogen-bond donors (Lipinski definition) is 28. The molecule has 0 unspecified atom stereocenters. The molecule has 0 bridgehead atoms. The maximum atomic E-state index is 15.6. The molecular formula is C103H133N27O14. The number of aliphatic carboxylic acids is 1. The van der Waals surface area contributed by atoms with E-state index >= 15 is 38.4 Å². The first-order valence-electron chi connectivity index (χ1n) is 48.7. The number of fused-ring (bicyclic) bond motifs is 6. The molecule has 0 saturated carbocycles. The minimum Gasteiger partial charge on any atom is -0.480 e. The number of nitrogens with two attached hydrogens (primary N) is 5. The fraction of sp³-hybridized carbons (Fsp3) is 0.388. The van der Waals surface area contributed by atoms with E-state index in [9.17, 15) is 29.1 Å². The predicted molar refractivity (Wildman–Crippen MR) is 550 cm³/mol. The van der Waals surface area contributed by atoms with E-state index in [1.165, 1.54) is 6.92 Å². The summed E-state index contributed by atoms with van der Waals surface area (Å²) in [5.41, 5.74) is 37.9. The molecular weight excluding hydrogens is 1840 g/mol. The molecule has 41 nitrogen and oxygen atoms in total. The Morgan fingerprint density at radius 1 is 0.285 bits per heavy atom. The Morgan fingerprint density at radius 3 is 0.806 bits per heavy atom. The lowest BCUT2D eigenvalue weighted by Crippen LogP contribution is -2.61. The average Bonchev–Trinajstić information content (AvgIpc) is 1.57. The lowest BCUT2D eigenvalue weighted by Gasteiger charge is -2.29. The van der Waals surface area contributed by atoms with Gasteiger partial charge in [-0.1, -0.05) is 137 Å². The van der Waals surface area contributed by atoms with Gasteiger partial charge < -0.3 is 138 Å². The molecule has 0 aliphatic heterocycles. The van der Waals surface area contributed by atoms with Crippen LogP contribution >= 0.6 is 0 Å². The topological polar surface area (TPSA) is 683 Å². The fourth-order valence-corrected chi connectivity index (χ4v) is 17.8. The Morgan fingerprint density at radius 2 is 0.514 bits per heavy atom. The van der Waals surface area contributed by atoms with Crippen LogP contribution in [0.25, 0.3) is 65.4 Å². The minimum absolute atomic E-state index is 0.0154. The van der Waals surface area contributed by atoms with Crippen molar-refractivity contribution in [1.29, 1.82) is 10.8 Å². The van der Waals surface area contributed by atoms with E-state index < -0.39 is 173 Å². The number of benzene rings is 6. The number of rotatable bonds is 55. The van der Waals surface area contributed by atoms with Crippen LogP contribution in [-0.2, 0) is 101 Å². The van der Waals surface area contributed by atoms with Gasteiger partial charge >= 0.3 is 5.97 Å². The SMILES string of the molecule is CC(C)[C@H](NC(=O)[C@H](CCCCN)NC(=O)[C@H](Cc1c[nH]c2ccccc12)NC(=O)[C@H](Cc1c[nH]c2ccccc12)NC(=O)[C@H](CCCNC(=N)N)NC(=O)[C@@H](N)Cc1c[nH]c2ccccc12)C(=O)N[C@@H](C)C(=O)N[C@@H](Cc1c[nH]c2ccccc12)C(=O)N[C@@H](CCCNC(=N)N)C(=O)N[C@@H](Cc1c[nH]c2ccccc12)C(=O)N[C@H](C(=O)N[C@@H](CCCCN)C(=O)N[C@@H](Cc1c[nH]c2ccccc12)C(=O)O)C(C)C. The Labute approximate surface area is 831 Å². The summed E-state index contributed by atoms with van der Waals surface area (Å²) in [7, 11) is 0. The van der Waals surface area contributed by atoms with Crippen LogP contribution in [0, 0.1) is 22.7 Å². The molecule has 0 fully saturated rings. The van der Waals surface area contributed by atoms with Crippen LogP contribution in [0.3, 0.4) is 0 Å². The Balaban J connectivity index is 0.767.